The zero-order chi connectivity index (χ0) is 14.5. The van der Waals surface area contributed by atoms with Crippen LogP contribution in [0.5, 0.6) is 5.75 Å². The summed E-state index contributed by atoms with van der Waals surface area (Å²) in [7, 11) is 1.35. The predicted molar refractivity (Wildman–Crippen MR) is 77.7 cm³/mol. The number of aromatic hydroxyl groups is 1. The highest BCUT2D eigenvalue weighted by Gasteiger charge is 2.21. The number of benzene rings is 2. The Bertz CT molecular complexity index is 576. The van der Waals surface area contributed by atoms with Crippen LogP contribution in [0.1, 0.15) is 17.2 Å². The number of rotatable bonds is 4. The van der Waals surface area contributed by atoms with Crippen molar-refractivity contribution in [2.24, 2.45) is 0 Å². The van der Waals surface area contributed by atoms with Crippen LogP contribution in [-0.2, 0) is 9.53 Å². The van der Waals surface area contributed by atoms with E-state index >= 15 is 0 Å². The van der Waals surface area contributed by atoms with Crippen LogP contribution in [0.25, 0.3) is 0 Å². The number of nitrogens with one attached hydrogen (secondary N) is 1. The molecule has 0 aliphatic rings. The molecule has 2 aromatic rings. The quantitative estimate of drug-likeness (QED) is 0.839. The summed E-state index contributed by atoms with van der Waals surface area (Å²) >= 11 is 0. The number of anilines is 1. The number of methoxy groups -OCH3 is 1. The van der Waals surface area contributed by atoms with Crippen molar-refractivity contribution in [3.63, 3.8) is 0 Å². The van der Waals surface area contributed by atoms with Crippen LogP contribution in [0.3, 0.4) is 0 Å². The number of carbonyl (C=O) groups excluding carboxylic acids is 1. The average Bonchev–Trinajstić information content (AvgIpc) is 2.47. The first-order chi connectivity index (χ1) is 9.60. The first-order valence-corrected chi connectivity index (χ1v) is 6.30. The van der Waals surface area contributed by atoms with Crippen molar-refractivity contribution in [2.45, 2.75) is 13.0 Å². The van der Waals surface area contributed by atoms with Gasteiger partial charge in [0.25, 0.3) is 0 Å². The molecule has 2 rings (SSSR count). The molecule has 2 N–H and O–H groups in total. The minimum Gasteiger partial charge on any atom is -0.508 e. The van der Waals surface area contributed by atoms with Gasteiger partial charge in [0.2, 0.25) is 0 Å². The summed E-state index contributed by atoms with van der Waals surface area (Å²) in [6, 6.07) is 13.6. The van der Waals surface area contributed by atoms with Gasteiger partial charge in [-0.1, -0.05) is 29.8 Å². The SMILES string of the molecule is COC(=O)C(Nc1ccc(C)cc1)c1ccc(O)cc1. The number of ether oxygens (including phenoxy) is 1. The predicted octanol–water partition coefficient (Wildman–Crippen LogP) is 3.03. The van der Waals surface area contributed by atoms with Crippen LogP contribution in [0.4, 0.5) is 5.69 Å². The third-order valence-corrected chi connectivity index (χ3v) is 3.03. The van der Waals surface area contributed by atoms with Gasteiger partial charge in [0.1, 0.15) is 5.75 Å². The van der Waals surface area contributed by atoms with Gasteiger partial charge in [-0.25, -0.2) is 4.79 Å². The average molecular weight is 271 g/mol. The van der Waals surface area contributed by atoms with Gasteiger partial charge in [-0.2, -0.15) is 0 Å². The summed E-state index contributed by atoms with van der Waals surface area (Å²) in [6.45, 7) is 2.00. The highest BCUT2D eigenvalue weighted by molar-refractivity contribution is 5.81. The second kappa shape index (κ2) is 6.10. The molecule has 0 aromatic heterocycles. The highest BCUT2D eigenvalue weighted by atomic mass is 16.5. The van der Waals surface area contributed by atoms with Gasteiger partial charge in [-0.05, 0) is 36.8 Å². The Kier molecular flexibility index (Phi) is 4.25. The van der Waals surface area contributed by atoms with Crippen molar-refractivity contribution < 1.29 is 14.6 Å². The molecule has 0 aliphatic heterocycles. The van der Waals surface area contributed by atoms with E-state index in [0.29, 0.717) is 0 Å². The molecule has 4 heteroatoms. The van der Waals surface area contributed by atoms with Crippen molar-refractivity contribution in [2.75, 3.05) is 12.4 Å². The first-order valence-electron chi connectivity index (χ1n) is 6.30. The minimum absolute atomic E-state index is 0.160. The highest BCUT2D eigenvalue weighted by Crippen LogP contribution is 2.23. The van der Waals surface area contributed by atoms with Crippen molar-refractivity contribution in [1.82, 2.24) is 0 Å². The van der Waals surface area contributed by atoms with Gasteiger partial charge in [0.15, 0.2) is 6.04 Å². The smallest absolute Gasteiger partial charge is 0.332 e. The lowest BCUT2D eigenvalue weighted by Crippen LogP contribution is -2.22. The van der Waals surface area contributed by atoms with Crippen molar-refractivity contribution in [3.05, 3.63) is 59.7 Å². The molecule has 2 aromatic carbocycles. The van der Waals surface area contributed by atoms with Crippen LogP contribution in [0, 0.1) is 6.92 Å². The molecular formula is C16H17NO3. The number of hydrogen-bond acceptors (Lipinski definition) is 4. The third-order valence-electron chi connectivity index (χ3n) is 3.03. The second-order valence-corrected chi connectivity index (χ2v) is 4.56. The summed E-state index contributed by atoms with van der Waals surface area (Å²) in [4.78, 5) is 11.9. The maximum absolute atomic E-state index is 11.9. The largest absolute Gasteiger partial charge is 0.508 e. The molecule has 0 heterocycles. The van der Waals surface area contributed by atoms with E-state index in [4.69, 9.17) is 4.74 Å². The molecule has 0 saturated heterocycles. The summed E-state index contributed by atoms with van der Waals surface area (Å²) in [5.74, 6) is -0.219. The fraction of sp³-hybridized carbons (Fsp3) is 0.188. The van der Waals surface area contributed by atoms with Gasteiger partial charge >= 0.3 is 5.97 Å². The van der Waals surface area contributed by atoms with Gasteiger partial charge < -0.3 is 15.2 Å². The van der Waals surface area contributed by atoms with Crippen LogP contribution >= 0.6 is 0 Å². The van der Waals surface area contributed by atoms with Gasteiger partial charge in [0.05, 0.1) is 7.11 Å². The molecule has 104 valence electrons. The number of carbonyl (C=O) groups is 1. The number of hydrogen-bond donors (Lipinski definition) is 2. The number of aryl methyl sites for hydroxylation is 1. The molecule has 20 heavy (non-hydrogen) atoms. The van der Waals surface area contributed by atoms with E-state index in [1.54, 1.807) is 24.3 Å². The topological polar surface area (TPSA) is 58.6 Å². The molecule has 0 aliphatic carbocycles. The van der Waals surface area contributed by atoms with Gasteiger partial charge in [-0.3, -0.25) is 0 Å². The van der Waals surface area contributed by atoms with E-state index < -0.39 is 6.04 Å². The maximum atomic E-state index is 11.9. The Morgan fingerprint density at radius 3 is 2.25 bits per heavy atom. The Labute approximate surface area is 118 Å². The standard InChI is InChI=1S/C16H17NO3/c1-11-3-7-13(8-4-11)17-15(16(19)20-2)12-5-9-14(18)10-6-12/h3-10,15,17-18H,1-2H3. The molecule has 0 radical (unpaired) electrons. The fourth-order valence-corrected chi connectivity index (χ4v) is 1.88. The molecule has 1 unspecified atom stereocenters. The van der Waals surface area contributed by atoms with Crippen LogP contribution < -0.4 is 5.32 Å². The van der Waals surface area contributed by atoms with E-state index in [9.17, 15) is 9.90 Å². The minimum atomic E-state index is -0.608. The fourth-order valence-electron chi connectivity index (χ4n) is 1.88. The summed E-state index contributed by atoms with van der Waals surface area (Å²) in [5, 5.41) is 12.5. The van der Waals surface area contributed by atoms with E-state index in [2.05, 4.69) is 5.32 Å². The van der Waals surface area contributed by atoms with Crippen molar-refractivity contribution in [1.29, 1.82) is 0 Å². The Balaban J connectivity index is 2.26. The zero-order valence-corrected chi connectivity index (χ0v) is 11.5. The lowest BCUT2D eigenvalue weighted by molar-refractivity contribution is -0.141. The lowest BCUT2D eigenvalue weighted by atomic mass is 10.1. The summed E-state index contributed by atoms with van der Waals surface area (Å²) in [5.41, 5.74) is 2.71. The second-order valence-electron chi connectivity index (χ2n) is 4.56. The summed E-state index contributed by atoms with van der Waals surface area (Å²) in [6.07, 6.45) is 0. The summed E-state index contributed by atoms with van der Waals surface area (Å²) < 4.78 is 4.83. The molecule has 4 nitrogen and oxygen atoms in total. The molecule has 0 amide bonds. The van der Waals surface area contributed by atoms with Gasteiger partial charge in [-0.15, -0.1) is 0 Å². The lowest BCUT2D eigenvalue weighted by Gasteiger charge is -2.18. The van der Waals surface area contributed by atoms with Crippen LogP contribution in [0.2, 0.25) is 0 Å². The molecule has 0 spiro atoms. The van der Waals surface area contributed by atoms with Crippen molar-refractivity contribution >= 4 is 11.7 Å². The Morgan fingerprint density at radius 2 is 1.70 bits per heavy atom. The van der Waals surface area contributed by atoms with Crippen LogP contribution in [0.15, 0.2) is 48.5 Å². The van der Waals surface area contributed by atoms with E-state index in [-0.39, 0.29) is 11.7 Å². The van der Waals surface area contributed by atoms with E-state index in [1.807, 2.05) is 31.2 Å². The van der Waals surface area contributed by atoms with Crippen molar-refractivity contribution in [3.8, 4) is 5.75 Å². The first kappa shape index (κ1) is 13.9. The maximum Gasteiger partial charge on any atom is 0.332 e. The molecular weight excluding hydrogens is 254 g/mol. The molecule has 1 atom stereocenters. The number of esters is 1. The normalized spacial score (nSPS) is 11.7. The van der Waals surface area contributed by atoms with Crippen LogP contribution in [-0.4, -0.2) is 18.2 Å². The number of phenolic OH excluding ortho intramolecular Hbond substituents is 1. The van der Waals surface area contributed by atoms with Gasteiger partial charge in [0, 0.05) is 5.69 Å². The Morgan fingerprint density at radius 1 is 1.10 bits per heavy atom. The molecule has 0 fully saturated rings. The molecule has 0 bridgehead atoms. The zero-order valence-electron chi connectivity index (χ0n) is 11.5. The third kappa shape index (κ3) is 3.29. The number of phenols is 1. The Hall–Kier alpha value is -2.49. The molecule has 0 saturated carbocycles. The van der Waals surface area contributed by atoms with E-state index in [0.717, 1.165) is 16.8 Å². The monoisotopic (exact) mass is 271 g/mol. The van der Waals surface area contributed by atoms with E-state index in [1.165, 1.54) is 7.11 Å².